The summed E-state index contributed by atoms with van der Waals surface area (Å²) in [5, 5.41) is 0. The molecule has 1 aliphatic heterocycles. The summed E-state index contributed by atoms with van der Waals surface area (Å²) in [6.07, 6.45) is 2.23. The van der Waals surface area contributed by atoms with Gasteiger partial charge in [-0.15, -0.1) is 0 Å². The van der Waals surface area contributed by atoms with Crippen LogP contribution >= 0.6 is 12.2 Å². The van der Waals surface area contributed by atoms with Crippen molar-refractivity contribution in [3.8, 4) is 0 Å². The first-order chi connectivity index (χ1) is 5.29. The molecule has 0 aromatic rings. The summed E-state index contributed by atoms with van der Waals surface area (Å²) in [6, 6.07) is 0. The van der Waals surface area contributed by atoms with E-state index >= 15 is 0 Å². The van der Waals surface area contributed by atoms with Crippen LogP contribution in [0, 0.1) is 0 Å². The van der Waals surface area contributed by atoms with Gasteiger partial charge in [0, 0.05) is 6.54 Å². The molecule has 0 amide bonds. The van der Waals surface area contributed by atoms with Gasteiger partial charge >= 0.3 is 0 Å². The van der Waals surface area contributed by atoms with E-state index in [-0.39, 0.29) is 6.23 Å². The number of thiocarbonyl (C=S) groups is 1. The van der Waals surface area contributed by atoms with Gasteiger partial charge in [0.15, 0.2) is 0 Å². The monoisotopic (exact) mass is 173 g/mol. The molecule has 1 fully saturated rings. The van der Waals surface area contributed by atoms with E-state index in [0.717, 1.165) is 31.0 Å². The van der Waals surface area contributed by atoms with Crippen molar-refractivity contribution in [3.05, 3.63) is 0 Å². The third-order valence-electron chi connectivity index (χ3n) is 1.96. The van der Waals surface area contributed by atoms with Crippen molar-refractivity contribution in [2.75, 3.05) is 13.2 Å². The lowest BCUT2D eigenvalue weighted by atomic mass is 10.3. The maximum atomic E-state index is 5.48. The van der Waals surface area contributed by atoms with E-state index in [4.69, 9.17) is 17.0 Å². The standard InChI is InChI=1S/C8H15NOS/c1-3-7-9(5-6-10-7)8(11)4-2/h7H,3-6H2,1-2H3. The number of nitrogens with zero attached hydrogens (tertiary/aromatic N) is 1. The molecule has 0 aromatic carbocycles. The number of rotatable bonds is 2. The van der Waals surface area contributed by atoms with E-state index in [9.17, 15) is 0 Å². The summed E-state index contributed by atoms with van der Waals surface area (Å²) >= 11 is 5.20. The van der Waals surface area contributed by atoms with Gasteiger partial charge in [-0.2, -0.15) is 0 Å². The van der Waals surface area contributed by atoms with Crippen LogP contribution < -0.4 is 0 Å². The largest absolute Gasteiger partial charge is 0.357 e. The summed E-state index contributed by atoms with van der Waals surface area (Å²) in [5.74, 6) is 0. The Labute approximate surface area is 73.5 Å². The number of hydrogen-bond donors (Lipinski definition) is 0. The molecule has 3 heteroatoms. The average Bonchev–Trinajstić information content (AvgIpc) is 2.50. The quantitative estimate of drug-likeness (QED) is 0.591. The molecule has 11 heavy (non-hydrogen) atoms. The van der Waals surface area contributed by atoms with Gasteiger partial charge in [0.05, 0.1) is 11.6 Å². The molecular weight excluding hydrogens is 158 g/mol. The van der Waals surface area contributed by atoms with Crippen LogP contribution in [0.4, 0.5) is 0 Å². The highest BCUT2D eigenvalue weighted by molar-refractivity contribution is 7.80. The fourth-order valence-electron chi connectivity index (χ4n) is 1.35. The molecule has 0 radical (unpaired) electrons. The molecule has 0 aliphatic carbocycles. The highest BCUT2D eigenvalue weighted by Crippen LogP contribution is 2.14. The minimum Gasteiger partial charge on any atom is -0.357 e. The molecular formula is C8H15NOS. The second kappa shape index (κ2) is 4.02. The lowest BCUT2D eigenvalue weighted by Crippen LogP contribution is -2.33. The summed E-state index contributed by atoms with van der Waals surface area (Å²) in [4.78, 5) is 3.23. The van der Waals surface area contributed by atoms with Crippen LogP contribution in [0.2, 0.25) is 0 Å². The minimum absolute atomic E-state index is 0.252. The van der Waals surface area contributed by atoms with Crippen LogP contribution in [0.5, 0.6) is 0 Å². The summed E-state index contributed by atoms with van der Waals surface area (Å²) in [5.41, 5.74) is 0. The second-order valence-electron chi connectivity index (χ2n) is 2.67. The second-order valence-corrected chi connectivity index (χ2v) is 3.15. The predicted molar refractivity (Wildman–Crippen MR) is 49.6 cm³/mol. The van der Waals surface area contributed by atoms with Crippen LogP contribution in [-0.4, -0.2) is 29.3 Å². The Kier molecular flexibility index (Phi) is 3.27. The molecule has 0 bridgehead atoms. The van der Waals surface area contributed by atoms with Crippen molar-refractivity contribution in [3.63, 3.8) is 0 Å². The van der Waals surface area contributed by atoms with Gasteiger partial charge in [0.25, 0.3) is 0 Å². The van der Waals surface area contributed by atoms with Gasteiger partial charge in [-0.25, -0.2) is 0 Å². The molecule has 64 valence electrons. The fourth-order valence-corrected chi connectivity index (χ4v) is 1.56. The maximum Gasteiger partial charge on any atom is 0.130 e. The Hall–Kier alpha value is -0.150. The molecule has 1 aliphatic rings. The summed E-state index contributed by atoms with van der Waals surface area (Å²) < 4.78 is 5.48. The van der Waals surface area contributed by atoms with Crippen molar-refractivity contribution in [1.82, 2.24) is 4.90 Å². The average molecular weight is 173 g/mol. The van der Waals surface area contributed by atoms with Crippen molar-refractivity contribution in [2.45, 2.75) is 32.9 Å². The van der Waals surface area contributed by atoms with E-state index in [1.807, 2.05) is 0 Å². The Morgan fingerprint density at radius 3 is 2.91 bits per heavy atom. The number of ether oxygens (including phenoxy) is 1. The third kappa shape index (κ3) is 1.91. The van der Waals surface area contributed by atoms with Gasteiger partial charge in [-0.1, -0.05) is 26.1 Å². The molecule has 1 atom stereocenters. The zero-order chi connectivity index (χ0) is 8.27. The van der Waals surface area contributed by atoms with Gasteiger partial charge < -0.3 is 9.64 Å². The van der Waals surface area contributed by atoms with E-state index < -0.39 is 0 Å². The van der Waals surface area contributed by atoms with E-state index in [1.165, 1.54) is 0 Å². The van der Waals surface area contributed by atoms with Crippen molar-refractivity contribution in [2.24, 2.45) is 0 Å². The topological polar surface area (TPSA) is 12.5 Å². The fraction of sp³-hybridized carbons (Fsp3) is 0.875. The Morgan fingerprint density at radius 2 is 2.36 bits per heavy atom. The smallest absolute Gasteiger partial charge is 0.130 e. The molecule has 1 heterocycles. The first kappa shape index (κ1) is 8.94. The van der Waals surface area contributed by atoms with Gasteiger partial charge in [-0.3, -0.25) is 0 Å². The first-order valence-corrected chi connectivity index (χ1v) is 4.61. The molecule has 0 spiro atoms. The van der Waals surface area contributed by atoms with Crippen LogP contribution in [0.15, 0.2) is 0 Å². The van der Waals surface area contributed by atoms with Crippen LogP contribution in [0.1, 0.15) is 26.7 Å². The molecule has 0 aromatic heterocycles. The maximum absolute atomic E-state index is 5.48. The van der Waals surface area contributed by atoms with Crippen molar-refractivity contribution in [1.29, 1.82) is 0 Å². The lowest BCUT2D eigenvalue weighted by Gasteiger charge is -2.23. The Bertz CT molecular complexity index is 149. The minimum atomic E-state index is 0.252. The lowest BCUT2D eigenvalue weighted by molar-refractivity contribution is 0.0610. The highest BCUT2D eigenvalue weighted by atomic mass is 32.1. The normalized spacial score (nSPS) is 24.2. The van der Waals surface area contributed by atoms with Crippen LogP contribution in [0.3, 0.4) is 0 Å². The SMILES string of the molecule is CCC(=S)N1CCOC1CC. The molecule has 1 unspecified atom stereocenters. The van der Waals surface area contributed by atoms with E-state index in [0.29, 0.717) is 0 Å². The predicted octanol–water partition coefficient (Wildman–Crippen LogP) is 1.79. The van der Waals surface area contributed by atoms with Crippen LogP contribution in [-0.2, 0) is 4.74 Å². The number of hydrogen-bond acceptors (Lipinski definition) is 2. The molecule has 1 saturated heterocycles. The molecule has 2 nitrogen and oxygen atoms in total. The summed E-state index contributed by atoms with van der Waals surface area (Å²) in [6.45, 7) is 6.03. The van der Waals surface area contributed by atoms with E-state index in [1.54, 1.807) is 0 Å². The van der Waals surface area contributed by atoms with Gasteiger partial charge in [-0.05, 0) is 12.8 Å². The highest BCUT2D eigenvalue weighted by Gasteiger charge is 2.24. The van der Waals surface area contributed by atoms with Crippen LogP contribution in [0.25, 0.3) is 0 Å². The summed E-state index contributed by atoms with van der Waals surface area (Å²) in [7, 11) is 0. The Balaban J connectivity index is 2.49. The Morgan fingerprint density at radius 1 is 1.64 bits per heavy atom. The molecule has 0 N–H and O–H groups in total. The van der Waals surface area contributed by atoms with Gasteiger partial charge in [0.1, 0.15) is 6.23 Å². The van der Waals surface area contributed by atoms with Gasteiger partial charge in [0.2, 0.25) is 0 Å². The zero-order valence-corrected chi connectivity index (χ0v) is 7.99. The zero-order valence-electron chi connectivity index (χ0n) is 7.17. The third-order valence-corrected chi connectivity index (χ3v) is 2.49. The first-order valence-electron chi connectivity index (χ1n) is 4.20. The van der Waals surface area contributed by atoms with Crippen molar-refractivity contribution >= 4 is 17.2 Å². The molecule has 0 saturated carbocycles. The van der Waals surface area contributed by atoms with E-state index in [2.05, 4.69) is 18.7 Å². The molecule has 1 rings (SSSR count). The van der Waals surface area contributed by atoms with Crippen molar-refractivity contribution < 1.29 is 4.74 Å².